The van der Waals surface area contributed by atoms with Crippen LogP contribution in [0.4, 0.5) is 0 Å². The summed E-state index contributed by atoms with van der Waals surface area (Å²) in [5, 5.41) is 3.02. The lowest BCUT2D eigenvalue weighted by Gasteiger charge is -2.39. The molecule has 0 spiro atoms. The molecule has 2 heterocycles. The lowest BCUT2D eigenvalue weighted by atomic mass is 10.3. The Bertz CT molecular complexity index is 505. The van der Waals surface area contributed by atoms with E-state index >= 15 is 0 Å². The molecule has 0 unspecified atom stereocenters. The van der Waals surface area contributed by atoms with Gasteiger partial charge in [0.15, 0.2) is 0 Å². The number of ether oxygens (including phenoxy) is 1. The molecule has 2 aliphatic rings. The summed E-state index contributed by atoms with van der Waals surface area (Å²) >= 11 is 0. The molecule has 0 aromatic heterocycles. The van der Waals surface area contributed by atoms with Gasteiger partial charge in [0.05, 0.1) is 13.2 Å². The SMILES string of the molecule is COCCNCC(=O)N1CCN(S(=O)(=O)N2CCN(C)CC2)CC1.Cl. The zero-order valence-corrected chi connectivity index (χ0v) is 16.6. The molecule has 0 aliphatic carbocycles. The molecule has 148 valence electrons. The first-order chi connectivity index (χ1) is 11.4. The summed E-state index contributed by atoms with van der Waals surface area (Å²) in [4.78, 5) is 15.9. The van der Waals surface area contributed by atoms with Crippen LogP contribution in [0, 0.1) is 0 Å². The summed E-state index contributed by atoms with van der Waals surface area (Å²) in [6, 6.07) is 0. The van der Waals surface area contributed by atoms with Crippen molar-refractivity contribution in [2.24, 2.45) is 0 Å². The van der Waals surface area contributed by atoms with E-state index in [0.29, 0.717) is 52.4 Å². The standard InChI is InChI=1S/C14H29N5O4S.ClH/c1-16-4-8-18(9-5-16)24(21,22)19-10-6-17(7-11-19)14(20)13-15-3-12-23-2;/h15H,3-13H2,1-2H3;1H. The Kier molecular flexibility index (Phi) is 9.57. The Morgan fingerprint density at radius 3 is 2.04 bits per heavy atom. The molecule has 0 bridgehead atoms. The van der Waals surface area contributed by atoms with Gasteiger partial charge in [0.1, 0.15) is 0 Å². The van der Waals surface area contributed by atoms with E-state index in [2.05, 4.69) is 10.2 Å². The summed E-state index contributed by atoms with van der Waals surface area (Å²) in [6.07, 6.45) is 0. The van der Waals surface area contributed by atoms with E-state index in [0.717, 1.165) is 13.1 Å². The van der Waals surface area contributed by atoms with Gasteiger partial charge in [-0.05, 0) is 7.05 Å². The quantitative estimate of drug-likeness (QED) is 0.513. The van der Waals surface area contributed by atoms with Gasteiger partial charge < -0.3 is 19.9 Å². The van der Waals surface area contributed by atoms with Crippen LogP contribution in [0.2, 0.25) is 0 Å². The van der Waals surface area contributed by atoms with Gasteiger partial charge in [-0.3, -0.25) is 4.79 Å². The van der Waals surface area contributed by atoms with E-state index in [4.69, 9.17) is 4.74 Å². The number of methoxy groups -OCH3 is 1. The van der Waals surface area contributed by atoms with Gasteiger partial charge in [-0.1, -0.05) is 0 Å². The van der Waals surface area contributed by atoms with Crippen molar-refractivity contribution in [3.63, 3.8) is 0 Å². The second-order valence-electron chi connectivity index (χ2n) is 6.16. The normalized spacial score (nSPS) is 21.1. The Hall–Kier alpha value is -0.490. The first-order valence-corrected chi connectivity index (χ1v) is 9.76. The molecule has 1 amide bonds. The highest BCUT2D eigenvalue weighted by Gasteiger charge is 2.34. The number of amides is 1. The van der Waals surface area contributed by atoms with Crippen LogP contribution in [0.3, 0.4) is 0 Å². The fourth-order valence-corrected chi connectivity index (χ4v) is 4.41. The number of nitrogens with zero attached hydrogens (tertiary/aromatic N) is 4. The summed E-state index contributed by atoms with van der Waals surface area (Å²) < 4.78 is 33.3. The Morgan fingerprint density at radius 1 is 1.00 bits per heavy atom. The third-order valence-electron chi connectivity index (χ3n) is 4.47. The smallest absolute Gasteiger partial charge is 0.282 e. The third kappa shape index (κ3) is 6.31. The van der Waals surface area contributed by atoms with Gasteiger partial charge in [-0.15, -0.1) is 12.4 Å². The summed E-state index contributed by atoms with van der Waals surface area (Å²) in [5.41, 5.74) is 0. The molecule has 25 heavy (non-hydrogen) atoms. The van der Waals surface area contributed by atoms with Crippen LogP contribution in [0.15, 0.2) is 0 Å². The summed E-state index contributed by atoms with van der Waals surface area (Å²) in [7, 11) is 0.198. The Morgan fingerprint density at radius 2 is 1.52 bits per heavy atom. The van der Waals surface area contributed by atoms with Gasteiger partial charge in [0.25, 0.3) is 10.2 Å². The molecule has 0 radical (unpaired) electrons. The maximum absolute atomic E-state index is 12.7. The number of carbonyl (C=O) groups excluding carboxylic acids is 1. The van der Waals surface area contributed by atoms with Crippen LogP contribution >= 0.6 is 12.4 Å². The number of rotatable bonds is 7. The Labute approximate surface area is 156 Å². The lowest BCUT2D eigenvalue weighted by Crippen LogP contribution is -2.57. The van der Waals surface area contributed by atoms with E-state index in [1.807, 2.05) is 7.05 Å². The van der Waals surface area contributed by atoms with E-state index in [1.165, 1.54) is 4.31 Å². The minimum Gasteiger partial charge on any atom is -0.383 e. The predicted octanol–water partition coefficient (Wildman–Crippen LogP) is -1.72. The van der Waals surface area contributed by atoms with Crippen LogP contribution in [0.1, 0.15) is 0 Å². The zero-order valence-electron chi connectivity index (χ0n) is 15.0. The highest BCUT2D eigenvalue weighted by atomic mass is 35.5. The molecule has 0 atom stereocenters. The fraction of sp³-hybridized carbons (Fsp3) is 0.929. The van der Waals surface area contributed by atoms with Crippen LogP contribution in [-0.4, -0.2) is 119 Å². The number of nitrogens with one attached hydrogen (secondary N) is 1. The molecule has 9 nitrogen and oxygen atoms in total. The Balaban J connectivity index is 0.00000312. The number of hydrogen-bond donors (Lipinski definition) is 1. The molecule has 1 N–H and O–H groups in total. The summed E-state index contributed by atoms with van der Waals surface area (Å²) in [5.74, 6) is 0.00254. The molecule has 0 saturated carbocycles. The fourth-order valence-electron chi connectivity index (χ4n) is 2.83. The van der Waals surface area contributed by atoms with Gasteiger partial charge >= 0.3 is 0 Å². The first-order valence-electron chi connectivity index (χ1n) is 8.36. The first kappa shape index (κ1) is 22.6. The molecular weight excluding hydrogens is 370 g/mol. The van der Waals surface area contributed by atoms with Crippen molar-refractivity contribution in [1.29, 1.82) is 0 Å². The minimum atomic E-state index is -3.41. The van der Waals surface area contributed by atoms with Gasteiger partial charge in [-0.25, -0.2) is 0 Å². The third-order valence-corrected chi connectivity index (χ3v) is 6.50. The largest absolute Gasteiger partial charge is 0.383 e. The van der Waals surface area contributed by atoms with Gasteiger partial charge in [-0.2, -0.15) is 17.0 Å². The van der Waals surface area contributed by atoms with Crippen molar-refractivity contribution in [2.75, 3.05) is 86.2 Å². The van der Waals surface area contributed by atoms with Crippen LogP contribution in [0.5, 0.6) is 0 Å². The molecule has 2 saturated heterocycles. The molecule has 0 aromatic rings. The lowest BCUT2D eigenvalue weighted by molar-refractivity contribution is -0.131. The second-order valence-corrected chi connectivity index (χ2v) is 8.09. The minimum absolute atomic E-state index is 0. The number of piperazine rings is 2. The van der Waals surface area contributed by atoms with Crippen molar-refractivity contribution in [3.05, 3.63) is 0 Å². The molecule has 2 fully saturated rings. The van der Waals surface area contributed by atoms with Crippen LogP contribution in [-0.2, 0) is 19.7 Å². The van der Waals surface area contributed by atoms with Crippen molar-refractivity contribution in [3.8, 4) is 0 Å². The van der Waals surface area contributed by atoms with Gasteiger partial charge in [0, 0.05) is 66.0 Å². The van der Waals surface area contributed by atoms with Crippen molar-refractivity contribution in [1.82, 2.24) is 23.7 Å². The second kappa shape index (κ2) is 10.6. The zero-order chi connectivity index (χ0) is 17.6. The maximum Gasteiger partial charge on any atom is 0.282 e. The van der Waals surface area contributed by atoms with Crippen LogP contribution in [0.25, 0.3) is 0 Å². The van der Waals surface area contributed by atoms with Crippen molar-refractivity contribution in [2.45, 2.75) is 0 Å². The molecule has 2 rings (SSSR count). The number of halogens is 1. The van der Waals surface area contributed by atoms with E-state index in [9.17, 15) is 13.2 Å². The maximum atomic E-state index is 12.7. The highest BCUT2D eigenvalue weighted by Crippen LogP contribution is 2.14. The average molecular weight is 400 g/mol. The van der Waals surface area contributed by atoms with Crippen LogP contribution < -0.4 is 5.32 Å². The van der Waals surface area contributed by atoms with Crippen molar-refractivity contribution >= 4 is 28.5 Å². The predicted molar refractivity (Wildman–Crippen MR) is 98.1 cm³/mol. The van der Waals surface area contributed by atoms with E-state index in [-0.39, 0.29) is 24.9 Å². The number of carbonyl (C=O) groups is 1. The van der Waals surface area contributed by atoms with Crippen molar-refractivity contribution < 1.29 is 17.9 Å². The molecule has 2 aliphatic heterocycles. The average Bonchev–Trinajstić information content (AvgIpc) is 2.59. The topological polar surface area (TPSA) is 85.4 Å². The molecule has 0 aromatic carbocycles. The molecular formula is C14H30ClN5O4S. The summed E-state index contributed by atoms with van der Waals surface area (Å²) in [6.45, 7) is 5.61. The van der Waals surface area contributed by atoms with Gasteiger partial charge in [0.2, 0.25) is 5.91 Å². The monoisotopic (exact) mass is 399 g/mol. The van der Waals surface area contributed by atoms with E-state index in [1.54, 1.807) is 16.3 Å². The molecule has 11 heteroatoms. The number of hydrogen-bond acceptors (Lipinski definition) is 6. The highest BCUT2D eigenvalue weighted by molar-refractivity contribution is 7.86. The van der Waals surface area contributed by atoms with E-state index < -0.39 is 10.2 Å². The number of likely N-dealkylation sites (N-methyl/N-ethyl adjacent to an activating group) is 1.